The molecule has 3 unspecified atom stereocenters. The largest absolute Gasteiger partial charge is 0.388 e. The first kappa shape index (κ1) is 12.4. The molecule has 4 heteroatoms. The van der Waals surface area contributed by atoms with Crippen molar-refractivity contribution in [2.75, 3.05) is 13.1 Å². The average molecular weight is 273 g/mol. The van der Waals surface area contributed by atoms with Gasteiger partial charge in [-0.1, -0.05) is 24.3 Å². The van der Waals surface area contributed by atoms with Crippen LogP contribution in [0.2, 0.25) is 0 Å². The minimum Gasteiger partial charge on any atom is -0.388 e. The second kappa shape index (κ2) is 4.30. The molecule has 2 aliphatic carbocycles. The molecule has 20 heavy (non-hydrogen) atoms. The molecule has 0 radical (unpaired) electrons. The van der Waals surface area contributed by atoms with E-state index in [1.807, 2.05) is 6.07 Å². The Morgan fingerprint density at radius 1 is 1.15 bits per heavy atom. The third-order valence-electron chi connectivity index (χ3n) is 5.19. The molecule has 106 valence electrons. The van der Waals surface area contributed by atoms with Crippen molar-refractivity contribution in [2.24, 2.45) is 11.8 Å². The minimum atomic E-state index is -0.785. The summed E-state index contributed by atoms with van der Waals surface area (Å²) in [6.45, 7) is 0.551. The van der Waals surface area contributed by atoms with Crippen molar-refractivity contribution in [3.8, 4) is 0 Å². The van der Waals surface area contributed by atoms with E-state index in [9.17, 15) is 15.0 Å². The van der Waals surface area contributed by atoms with Crippen LogP contribution in [0.15, 0.2) is 24.3 Å². The molecule has 0 bridgehead atoms. The molecule has 1 amide bonds. The van der Waals surface area contributed by atoms with Gasteiger partial charge in [-0.15, -0.1) is 0 Å². The maximum atomic E-state index is 12.6. The lowest BCUT2D eigenvalue weighted by Crippen LogP contribution is -2.31. The van der Waals surface area contributed by atoms with Crippen LogP contribution in [0.3, 0.4) is 0 Å². The van der Waals surface area contributed by atoms with Crippen LogP contribution in [0.1, 0.15) is 23.5 Å². The summed E-state index contributed by atoms with van der Waals surface area (Å²) in [7, 11) is 0. The fourth-order valence-electron chi connectivity index (χ4n) is 4.06. The second-order valence-electron chi connectivity index (χ2n) is 6.33. The van der Waals surface area contributed by atoms with Gasteiger partial charge in [-0.05, 0) is 35.8 Å². The molecule has 4 rings (SSSR count). The highest BCUT2D eigenvalue weighted by Crippen LogP contribution is 2.60. The molecule has 0 aromatic heterocycles. The van der Waals surface area contributed by atoms with E-state index in [0.29, 0.717) is 11.8 Å². The standard InChI is InChI=1S/C16H19NO3/c18-12-7-17(8-13(12)19)16(20)15-11-6-5-9-3-1-2-4-10(9)14(11)15/h1-4,11-15,18-19H,5-8H2/t11?,12-,13+,14?,15?. The molecule has 1 saturated heterocycles. The second-order valence-corrected chi connectivity index (χ2v) is 6.33. The Balaban J connectivity index is 1.54. The van der Waals surface area contributed by atoms with Crippen molar-refractivity contribution >= 4 is 5.91 Å². The van der Waals surface area contributed by atoms with E-state index in [0.717, 1.165) is 12.8 Å². The molecule has 1 saturated carbocycles. The molecule has 4 nitrogen and oxygen atoms in total. The van der Waals surface area contributed by atoms with Gasteiger partial charge in [-0.2, -0.15) is 0 Å². The number of aliphatic hydroxyl groups is 2. The van der Waals surface area contributed by atoms with Gasteiger partial charge in [-0.25, -0.2) is 0 Å². The summed E-state index contributed by atoms with van der Waals surface area (Å²) >= 11 is 0. The molecule has 0 spiro atoms. The first-order valence-corrected chi connectivity index (χ1v) is 7.39. The lowest BCUT2D eigenvalue weighted by molar-refractivity contribution is -0.132. The average Bonchev–Trinajstić information content (AvgIpc) is 3.11. The zero-order valence-electron chi connectivity index (χ0n) is 11.3. The molecule has 1 aliphatic heterocycles. The Hall–Kier alpha value is -1.39. The number of benzene rings is 1. The van der Waals surface area contributed by atoms with Crippen LogP contribution in [0.4, 0.5) is 0 Å². The van der Waals surface area contributed by atoms with Crippen molar-refractivity contribution in [3.05, 3.63) is 35.4 Å². The fourth-order valence-corrected chi connectivity index (χ4v) is 4.06. The third-order valence-corrected chi connectivity index (χ3v) is 5.19. The van der Waals surface area contributed by atoms with Gasteiger partial charge in [0.2, 0.25) is 5.91 Å². The summed E-state index contributed by atoms with van der Waals surface area (Å²) in [4.78, 5) is 14.2. The van der Waals surface area contributed by atoms with Gasteiger partial charge in [0.25, 0.3) is 0 Å². The summed E-state index contributed by atoms with van der Waals surface area (Å²) in [6, 6.07) is 8.41. The van der Waals surface area contributed by atoms with Crippen LogP contribution in [-0.2, 0) is 11.2 Å². The lowest BCUT2D eigenvalue weighted by Gasteiger charge is -2.15. The highest BCUT2D eigenvalue weighted by Gasteiger charge is 2.58. The highest BCUT2D eigenvalue weighted by molar-refractivity contribution is 5.84. The number of likely N-dealkylation sites (tertiary alicyclic amines) is 1. The molecule has 1 aromatic carbocycles. The Morgan fingerprint density at radius 3 is 2.60 bits per heavy atom. The van der Waals surface area contributed by atoms with Crippen LogP contribution in [0.25, 0.3) is 0 Å². The smallest absolute Gasteiger partial charge is 0.226 e. The predicted molar refractivity (Wildman–Crippen MR) is 73.1 cm³/mol. The van der Waals surface area contributed by atoms with Crippen molar-refractivity contribution in [2.45, 2.75) is 31.0 Å². The van der Waals surface area contributed by atoms with E-state index in [1.54, 1.807) is 4.90 Å². The summed E-state index contributed by atoms with van der Waals surface area (Å²) in [6.07, 6.45) is 0.572. The van der Waals surface area contributed by atoms with Crippen LogP contribution in [0, 0.1) is 11.8 Å². The van der Waals surface area contributed by atoms with Crippen LogP contribution in [0.5, 0.6) is 0 Å². The monoisotopic (exact) mass is 273 g/mol. The molecule has 1 aromatic rings. The number of fused-ring (bicyclic) bond motifs is 3. The molecular weight excluding hydrogens is 254 g/mol. The Labute approximate surface area is 118 Å². The number of aryl methyl sites for hydroxylation is 1. The number of rotatable bonds is 1. The number of carbonyl (C=O) groups excluding carboxylic acids is 1. The van der Waals surface area contributed by atoms with E-state index in [-0.39, 0.29) is 24.9 Å². The maximum absolute atomic E-state index is 12.6. The fraction of sp³-hybridized carbons (Fsp3) is 0.562. The topological polar surface area (TPSA) is 60.8 Å². The lowest BCUT2D eigenvalue weighted by atomic mass is 9.92. The summed E-state index contributed by atoms with van der Waals surface area (Å²) < 4.78 is 0. The Kier molecular flexibility index (Phi) is 2.66. The quantitative estimate of drug-likeness (QED) is 0.784. The molecule has 5 atom stereocenters. The van der Waals surface area contributed by atoms with Gasteiger partial charge in [0.1, 0.15) is 0 Å². The SMILES string of the molecule is O=C(C1C2CCc3ccccc3C21)N1C[C@@H](O)[C@@H](O)C1. The number of aliphatic hydroxyl groups excluding tert-OH is 2. The van der Waals surface area contributed by atoms with Crippen molar-refractivity contribution in [1.29, 1.82) is 0 Å². The van der Waals surface area contributed by atoms with Gasteiger partial charge in [-0.3, -0.25) is 4.79 Å². The molecule has 1 heterocycles. The maximum Gasteiger partial charge on any atom is 0.226 e. The Morgan fingerprint density at radius 2 is 1.85 bits per heavy atom. The van der Waals surface area contributed by atoms with Gasteiger partial charge in [0.05, 0.1) is 12.2 Å². The van der Waals surface area contributed by atoms with Crippen molar-refractivity contribution in [3.63, 3.8) is 0 Å². The van der Waals surface area contributed by atoms with Gasteiger partial charge in [0.15, 0.2) is 0 Å². The first-order valence-electron chi connectivity index (χ1n) is 7.39. The number of hydrogen-bond acceptors (Lipinski definition) is 3. The van der Waals surface area contributed by atoms with E-state index in [1.165, 1.54) is 11.1 Å². The number of β-amino-alcohol motifs (C(OH)–C–C–N with tert-alkyl or cyclic N) is 2. The molecule has 2 N–H and O–H groups in total. The zero-order valence-corrected chi connectivity index (χ0v) is 11.3. The zero-order chi connectivity index (χ0) is 13.9. The number of hydrogen-bond donors (Lipinski definition) is 2. The van der Waals surface area contributed by atoms with Gasteiger partial charge < -0.3 is 15.1 Å². The predicted octanol–water partition coefficient (Wildman–Crippen LogP) is 0.526. The van der Waals surface area contributed by atoms with Gasteiger partial charge in [0, 0.05) is 19.0 Å². The summed E-state index contributed by atoms with van der Waals surface area (Å²) in [5.74, 6) is 1.01. The molecule has 2 fully saturated rings. The number of amides is 1. The van der Waals surface area contributed by atoms with Crippen molar-refractivity contribution in [1.82, 2.24) is 4.90 Å². The molecule has 3 aliphatic rings. The molecular formula is C16H19NO3. The van der Waals surface area contributed by atoms with E-state index in [4.69, 9.17) is 0 Å². The van der Waals surface area contributed by atoms with Crippen LogP contribution < -0.4 is 0 Å². The van der Waals surface area contributed by atoms with Gasteiger partial charge >= 0.3 is 0 Å². The first-order chi connectivity index (χ1) is 9.66. The van der Waals surface area contributed by atoms with Crippen molar-refractivity contribution < 1.29 is 15.0 Å². The normalized spacial score (nSPS) is 38.3. The van der Waals surface area contributed by atoms with E-state index in [2.05, 4.69) is 18.2 Å². The summed E-state index contributed by atoms with van der Waals surface area (Å²) in [5.41, 5.74) is 2.72. The van der Waals surface area contributed by atoms with E-state index < -0.39 is 12.2 Å². The Bertz CT molecular complexity index is 548. The number of nitrogens with zero attached hydrogens (tertiary/aromatic N) is 1. The summed E-state index contributed by atoms with van der Waals surface area (Å²) in [5, 5.41) is 19.2. The van der Waals surface area contributed by atoms with Crippen LogP contribution in [-0.4, -0.2) is 46.3 Å². The van der Waals surface area contributed by atoms with Crippen LogP contribution >= 0.6 is 0 Å². The minimum absolute atomic E-state index is 0.0659. The van der Waals surface area contributed by atoms with E-state index >= 15 is 0 Å². The highest BCUT2D eigenvalue weighted by atomic mass is 16.3. The third kappa shape index (κ3) is 1.71. The number of carbonyl (C=O) groups is 1.